The summed E-state index contributed by atoms with van der Waals surface area (Å²) >= 11 is 0. The summed E-state index contributed by atoms with van der Waals surface area (Å²) in [5.41, 5.74) is 5.11. The minimum absolute atomic E-state index is 0.214. The van der Waals surface area contributed by atoms with E-state index in [1.54, 1.807) is 0 Å². The van der Waals surface area contributed by atoms with Crippen LogP contribution in [-0.4, -0.2) is 23.9 Å². The Morgan fingerprint density at radius 3 is 1.90 bits per heavy atom. The lowest BCUT2D eigenvalue weighted by atomic mass is 10.2. The third-order valence-corrected chi connectivity index (χ3v) is 1.20. The number of hydrogen-bond donors (Lipinski definition) is 2. The fourth-order valence-electron chi connectivity index (χ4n) is 0.557. The topological polar surface area (TPSA) is 53.1 Å². The zero-order valence-electron chi connectivity index (χ0n) is 6.85. The Bertz CT molecular complexity index is 97.0. The van der Waals surface area contributed by atoms with Gasteiger partial charge in [-0.15, -0.1) is 0 Å². The van der Waals surface area contributed by atoms with E-state index in [0.717, 1.165) is 13.1 Å². The van der Waals surface area contributed by atoms with Gasteiger partial charge in [0.15, 0.2) is 5.96 Å². The monoisotopic (exact) mass is 143 g/mol. The van der Waals surface area contributed by atoms with Crippen molar-refractivity contribution < 1.29 is 0 Å². The van der Waals surface area contributed by atoms with Crippen molar-refractivity contribution >= 4 is 5.96 Å². The summed E-state index contributed by atoms with van der Waals surface area (Å²) in [5.74, 6) is 0.214. The maximum absolute atomic E-state index is 6.86. The van der Waals surface area contributed by atoms with Crippen molar-refractivity contribution in [3.63, 3.8) is 0 Å². The van der Waals surface area contributed by atoms with Crippen LogP contribution in [0.4, 0.5) is 0 Å². The number of guanidine groups is 1. The van der Waals surface area contributed by atoms with Gasteiger partial charge in [-0.3, -0.25) is 5.41 Å². The molecule has 0 aliphatic carbocycles. The Morgan fingerprint density at radius 2 is 1.90 bits per heavy atom. The van der Waals surface area contributed by atoms with Crippen molar-refractivity contribution in [2.45, 2.75) is 26.7 Å². The van der Waals surface area contributed by atoms with E-state index in [2.05, 4.69) is 13.8 Å². The van der Waals surface area contributed by atoms with E-state index in [0.29, 0.717) is 0 Å². The number of hydrogen-bond acceptors (Lipinski definition) is 1. The first kappa shape index (κ1) is 9.27. The van der Waals surface area contributed by atoms with Gasteiger partial charge in [0.2, 0.25) is 0 Å². The van der Waals surface area contributed by atoms with Gasteiger partial charge < -0.3 is 10.6 Å². The van der Waals surface area contributed by atoms with E-state index in [9.17, 15) is 0 Å². The average molecular weight is 143 g/mol. The summed E-state index contributed by atoms with van der Waals surface area (Å²) in [4.78, 5) is 1.83. The van der Waals surface area contributed by atoms with Crippen molar-refractivity contribution in [3.8, 4) is 0 Å². The van der Waals surface area contributed by atoms with Gasteiger partial charge >= 0.3 is 0 Å². The summed E-state index contributed by atoms with van der Waals surface area (Å²) in [6.45, 7) is 6.21. The zero-order valence-corrected chi connectivity index (χ0v) is 6.85. The van der Waals surface area contributed by atoms with Gasteiger partial charge in [0.05, 0.1) is 0 Å². The third kappa shape index (κ3) is 3.33. The van der Waals surface area contributed by atoms with Crippen LogP contribution in [-0.2, 0) is 0 Å². The standard InChI is InChI=1S/C4H9N3.C3H8/c5-4(6)7-2-1-3-7;1-3-2/h1-3H2,(H3,5,6);3H2,1-2H3. The predicted molar refractivity (Wildman–Crippen MR) is 44.1 cm³/mol. The highest BCUT2D eigenvalue weighted by Gasteiger charge is 2.13. The van der Waals surface area contributed by atoms with E-state index in [1.165, 1.54) is 12.8 Å². The second-order valence-electron chi connectivity index (χ2n) is 2.43. The molecule has 0 aromatic carbocycles. The molecule has 0 aromatic heterocycles. The van der Waals surface area contributed by atoms with E-state index in [4.69, 9.17) is 11.1 Å². The summed E-state index contributed by atoms with van der Waals surface area (Å²) < 4.78 is 0. The van der Waals surface area contributed by atoms with Gasteiger partial charge in [-0.2, -0.15) is 0 Å². The van der Waals surface area contributed by atoms with E-state index in [-0.39, 0.29) is 5.96 Å². The van der Waals surface area contributed by atoms with Crippen LogP contribution < -0.4 is 5.73 Å². The summed E-state index contributed by atoms with van der Waals surface area (Å²) in [6.07, 6.45) is 2.44. The van der Waals surface area contributed by atoms with Crippen LogP contribution in [0.1, 0.15) is 26.7 Å². The van der Waals surface area contributed by atoms with Crippen molar-refractivity contribution in [2.24, 2.45) is 5.73 Å². The number of nitrogens with zero attached hydrogens (tertiary/aromatic N) is 1. The Labute approximate surface area is 62.7 Å². The fraction of sp³-hybridized carbons (Fsp3) is 0.857. The van der Waals surface area contributed by atoms with E-state index >= 15 is 0 Å². The average Bonchev–Trinajstić information content (AvgIpc) is 1.59. The molecule has 10 heavy (non-hydrogen) atoms. The second-order valence-corrected chi connectivity index (χ2v) is 2.43. The van der Waals surface area contributed by atoms with E-state index < -0.39 is 0 Å². The van der Waals surface area contributed by atoms with Crippen molar-refractivity contribution in [2.75, 3.05) is 13.1 Å². The Balaban J connectivity index is 0.000000236. The van der Waals surface area contributed by atoms with Gasteiger partial charge in [-0.1, -0.05) is 20.3 Å². The molecule has 0 bridgehead atoms. The Kier molecular flexibility index (Phi) is 4.72. The van der Waals surface area contributed by atoms with Crippen LogP contribution >= 0.6 is 0 Å². The molecular formula is C7H17N3. The Hall–Kier alpha value is -0.730. The minimum atomic E-state index is 0.214. The first-order valence-electron chi connectivity index (χ1n) is 3.81. The molecule has 1 aliphatic heterocycles. The zero-order chi connectivity index (χ0) is 7.98. The van der Waals surface area contributed by atoms with Crippen LogP contribution in [0, 0.1) is 5.41 Å². The highest BCUT2D eigenvalue weighted by Crippen LogP contribution is 2.02. The normalized spacial score (nSPS) is 14.8. The van der Waals surface area contributed by atoms with Crippen LogP contribution in [0.15, 0.2) is 0 Å². The van der Waals surface area contributed by atoms with Crippen LogP contribution in [0.3, 0.4) is 0 Å². The number of nitrogens with two attached hydrogens (primary N) is 1. The first-order chi connectivity index (χ1) is 4.72. The molecular weight excluding hydrogens is 126 g/mol. The number of rotatable bonds is 0. The molecule has 3 heteroatoms. The molecule has 1 heterocycles. The van der Waals surface area contributed by atoms with Crippen molar-refractivity contribution in [1.82, 2.24) is 4.90 Å². The molecule has 60 valence electrons. The highest BCUT2D eigenvalue weighted by molar-refractivity contribution is 5.75. The molecule has 1 fully saturated rings. The van der Waals surface area contributed by atoms with Crippen LogP contribution in [0.5, 0.6) is 0 Å². The van der Waals surface area contributed by atoms with Crippen LogP contribution in [0.2, 0.25) is 0 Å². The minimum Gasteiger partial charge on any atom is -0.370 e. The summed E-state index contributed by atoms with van der Waals surface area (Å²) in [7, 11) is 0. The van der Waals surface area contributed by atoms with Gasteiger partial charge in [-0.25, -0.2) is 0 Å². The Morgan fingerprint density at radius 1 is 1.50 bits per heavy atom. The lowest BCUT2D eigenvalue weighted by Gasteiger charge is -2.30. The molecule has 0 saturated carbocycles. The van der Waals surface area contributed by atoms with Crippen molar-refractivity contribution in [1.29, 1.82) is 5.41 Å². The molecule has 0 amide bonds. The molecule has 1 saturated heterocycles. The largest absolute Gasteiger partial charge is 0.370 e. The predicted octanol–water partition coefficient (Wildman–Crippen LogP) is 1.00. The van der Waals surface area contributed by atoms with Gasteiger partial charge in [0.25, 0.3) is 0 Å². The maximum atomic E-state index is 6.86. The number of nitrogens with one attached hydrogen (secondary N) is 1. The molecule has 1 aliphatic rings. The fourth-order valence-corrected chi connectivity index (χ4v) is 0.557. The smallest absolute Gasteiger partial charge is 0.188 e. The molecule has 0 atom stereocenters. The first-order valence-corrected chi connectivity index (χ1v) is 3.81. The molecule has 0 aromatic rings. The summed E-state index contributed by atoms with van der Waals surface area (Å²) in [5, 5.41) is 6.86. The molecule has 0 radical (unpaired) electrons. The molecule has 1 rings (SSSR count). The van der Waals surface area contributed by atoms with Gasteiger partial charge in [-0.05, 0) is 6.42 Å². The van der Waals surface area contributed by atoms with Gasteiger partial charge in [0, 0.05) is 13.1 Å². The van der Waals surface area contributed by atoms with Gasteiger partial charge in [0.1, 0.15) is 0 Å². The summed E-state index contributed by atoms with van der Waals surface area (Å²) in [6, 6.07) is 0. The molecule has 0 unspecified atom stereocenters. The lowest BCUT2D eigenvalue weighted by Crippen LogP contribution is -2.45. The highest BCUT2D eigenvalue weighted by atomic mass is 15.3. The number of likely N-dealkylation sites (tertiary alicyclic amines) is 1. The second kappa shape index (κ2) is 5.09. The SMILES string of the molecule is CCC.N=C(N)N1CCC1. The quantitative estimate of drug-likeness (QED) is 0.392. The van der Waals surface area contributed by atoms with E-state index in [1.807, 2.05) is 4.90 Å². The van der Waals surface area contributed by atoms with Crippen molar-refractivity contribution in [3.05, 3.63) is 0 Å². The van der Waals surface area contributed by atoms with Crippen LogP contribution in [0.25, 0.3) is 0 Å². The molecule has 3 N–H and O–H groups in total. The lowest BCUT2D eigenvalue weighted by molar-refractivity contribution is 0.295. The maximum Gasteiger partial charge on any atom is 0.188 e. The molecule has 0 spiro atoms. The molecule has 3 nitrogen and oxygen atoms in total. The third-order valence-electron chi connectivity index (χ3n) is 1.20.